The highest BCUT2D eigenvalue weighted by molar-refractivity contribution is 6.09. The molecule has 3 aliphatic rings. The standard InChI is InChI=1S/C55H61N5O9/c1-6-56-46-32-49-44(29-36(46)4)53(45-30-37(5)47(57-7-2)33-50(45)69-49)42-17-16-39(31-43(42)55(64)65)54(63)59-21-23-67-25-27-68-26-24-66-22-20-58-51(61)18-19-52(62)60-34-40-13-9-8-12-38(40)28-35(3)41-14-10-11-15-48(41)60/h8-17,25,27,29-33,44,53,57H,3,6-7,18-24,26,28,34H2,1-2,4-5H3,(H,58,61)(H,59,63)(H,64,65)/b27-25+,56-46?. The van der Waals surface area contributed by atoms with E-state index in [1.54, 1.807) is 17.0 Å². The van der Waals surface area contributed by atoms with Crippen LogP contribution in [0, 0.1) is 12.8 Å². The maximum atomic E-state index is 13.5. The first-order valence-electron chi connectivity index (χ1n) is 23.5. The number of para-hydroxylation sites is 1. The SMILES string of the molecule is C=C1Cc2ccccc2CN(C(=O)CCC(=O)NCCOCCO/C=C/OCCNC(=O)c2ccc(C3c4cc(C)c(NCC)cc4OC4=CC(=NCC)C(C)=CC43)c(C(=O)O)c2)c2ccccc21. The number of nitrogens with zero attached hydrogens (tertiary/aromatic N) is 2. The van der Waals surface area contributed by atoms with Crippen LogP contribution in [0.3, 0.4) is 0 Å². The third-order valence-corrected chi connectivity index (χ3v) is 12.3. The third-order valence-electron chi connectivity index (χ3n) is 12.3. The van der Waals surface area contributed by atoms with Crippen LogP contribution < -0.4 is 25.6 Å². The zero-order valence-electron chi connectivity index (χ0n) is 39.8. The van der Waals surface area contributed by atoms with Gasteiger partial charge in [-0.3, -0.25) is 19.4 Å². The molecule has 2 aliphatic heterocycles. The number of carbonyl (C=O) groups excluding carboxylic acids is 3. The van der Waals surface area contributed by atoms with Crippen molar-refractivity contribution in [1.29, 1.82) is 0 Å². The molecule has 0 fully saturated rings. The summed E-state index contributed by atoms with van der Waals surface area (Å²) >= 11 is 0. The van der Waals surface area contributed by atoms with Crippen LogP contribution in [0.2, 0.25) is 0 Å². The van der Waals surface area contributed by atoms with Gasteiger partial charge in [0, 0.05) is 78.8 Å². The lowest BCUT2D eigenvalue weighted by Crippen LogP contribution is -2.34. The number of fused-ring (bicyclic) bond motifs is 4. The molecule has 4 N–H and O–H groups in total. The van der Waals surface area contributed by atoms with Crippen molar-refractivity contribution in [3.05, 3.63) is 166 Å². The van der Waals surface area contributed by atoms with Crippen molar-refractivity contribution < 1.29 is 43.2 Å². The van der Waals surface area contributed by atoms with Crippen LogP contribution in [0.5, 0.6) is 5.75 Å². The summed E-state index contributed by atoms with van der Waals surface area (Å²) in [5.74, 6) is -1.29. The van der Waals surface area contributed by atoms with Crippen LogP contribution in [0.15, 0.2) is 126 Å². The molecule has 0 aromatic heterocycles. The summed E-state index contributed by atoms with van der Waals surface area (Å²) in [5.41, 5.74) is 10.3. The molecule has 0 spiro atoms. The van der Waals surface area contributed by atoms with Crippen LogP contribution >= 0.6 is 0 Å². The van der Waals surface area contributed by atoms with E-state index in [0.717, 1.165) is 62.6 Å². The Bertz CT molecular complexity index is 2700. The quantitative estimate of drug-likeness (QED) is 0.0496. The monoisotopic (exact) mass is 935 g/mol. The van der Waals surface area contributed by atoms with Crippen molar-refractivity contribution in [2.45, 2.75) is 59.4 Å². The number of anilines is 2. The molecular formula is C55H61N5O9. The van der Waals surface area contributed by atoms with Crippen molar-refractivity contribution >= 4 is 46.4 Å². The number of carbonyl (C=O) groups is 4. The first-order chi connectivity index (χ1) is 33.5. The lowest BCUT2D eigenvalue weighted by Gasteiger charge is -2.37. The second-order valence-electron chi connectivity index (χ2n) is 17.0. The second kappa shape index (κ2) is 23.5. The first kappa shape index (κ1) is 49.5. The van der Waals surface area contributed by atoms with Gasteiger partial charge in [-0.1, -0.05) is 61.2 Å². The summed E-state index contributed by atoms with van der Waals surface area (Å²) in [7, 11) is 0. The maximum absolute atomic E-state index is 13.5. The lowest BCUT2D eigenvalue weighted by atomic mass is 9.73. The summed E-state index contributed by atoms with van der Waals surface area (Å²) in [6, 6.07) is 24.7. The molecule has 3 amide bonds. The number of hydrogen-bond donors (Lipinski definition) is 4. The molecule has 4 aromatic rings. The number of aliphatic imine (C=N–C) groups is 1. The van der Waals surface area contributed by atoms with Gasteiger partial charge >= 0.3 is 5.97 Å². The normalized spacial score (nSPS) is 16.6. The highest BCUT2D eigenvalue weighted by Gasteiger charge is 2.39. The molecule has 14 nitrogen and oxygen atoms in total. The van der Waals surface area contributed by atoms with Gasteiger partial charge in [0.1, 0.15) is 37.2 Å². The van der Waals surface area contributed by atoms with Gasteiger partial charge < -0.3 is 44.9 Å². The minimum atomic E-state index is -1.14. The molecule has 7 rings (SSSR count). The van der Waals surface area contributed by atoms with Crippen molar-refractivity contribution in [2.24, 2.45) is 10.9 Å². The van der Waals surface area contributed by atoms with Crippen molar-refractivity contribution in [3.8, 4) is 5.75 Å². The Morgan fingerprint density at radius 1 is 0.870 bits per heavy atom. The number of nitrogens with one attached hydrogen (secondary N) is 3. The highest BCUT2D eigenvalue weighted by Crippen LogP contribution is 2.50. The van der Waals surface area contributed by atoms with Crippen LogP contribution in [0.25, 0.3) is 5.57 Å². The summed E-state index contributed by atoms with van der Waals surface area (Å²) in [6.07, 6.45) is 7.60. The van der Waals surface area contributed by atoms with Crippen LogP contribution in [0.4, 0.5) is 11.4 Å². The molecule has 2 unspecified atom stereocenters. The average molecular weight is 936 g/mol. The van der Waals surface area contributed by atoms with Crippen LogP contribution in [0.1, 0.15) is 93.6 Å². The van der Waals surface area contributed by atoms with Crippen LogP contribution in [-0.4, -0.2) is 87.1 Å². The third kappa shape index (κ3) is 12.2. The topological polar surface area (TPSA) is 177 Å². The minimum Gasteiger partial charge on any atom is -0.496 e. The molecule has 0 saturated heterocycles. The molecule has 0 saturated carbocycles. The minimum absolute atomic E-state index is 0.0334. The number of carboxylic acid groups (broad SMARTS) is 1. The van der Waals surface area contributed by atoms with E-state index in [2.05, 4.69) is 45.7 Å². The fourth-order valence-electron chi connectivity index (χ4n) is 8.89. The zero-order valence-corrected chi connectivity index (χ0v) is 39.8. The number of hydrogen-bond acceptors (Lipinski definition) is 10. The molecule has 14 heteroatoms. The molecule has 69 heavy (non-hydrogen) atoms. The zero-order chi connectivity index (χ0) is 48.9. The van der Waals surface area contributed by atoms with Crippen LogP contribution in [-0.2, 0) is 36.8 Å². The largest absolute Gasteiger partial charge is 0.496 e. The number of allylic oxidation sites excluding steroid dienone is 4. The van der Waals surface area contributed by atoms with Crippen molar-refractivity contribution in [1.82, 2.24) is 10.6 Å². The van der Waals surface area contributed by atoms with Gasteiger partial charge in [-0.2, -0.15) is 0 Å². The van der Waals surface area contributed by atoms with E-state index in [9.17, 15) is 24.3 Å². The smallest absolute Gasteiger partial charge is 0.336 e. The molecule has 2 atom stereocenters. The number of carboxylic acids is 1. The Balaban J connectivity index is 0.818. The van der Waals surface area contributed by atoms with Gasteiger partial charge in [0.25, 0.3) is 5.91 Å². The van der Waals surface area contributed by atoms with E-state index in [1.165, 1.54) is 18.6 Å². The molecule has 2 heterocycles. The summed E-state index contributed by atoms with van der Waals surface area (Å²) in [4.78, 5) is 58.6. The van der Waals surface area contributed by atoms with E-state index in [-0.39, 0.29) is 81.2 Å². The highest BCUT2D eigenvalue weighted by atomic mass is 16.5. The first-order valence-corrected chi connectivity index (χ1v) is 23.5. The molecular weight excluding hydrogens is 875 g/mol. The van der Waals surface area contributed by atoms with E-state index in [1.807, 2.05) is 82.3 Å². The van der Waals surface area contributed by atoms with Gasteiger partial charge in [0.05, 0.1) is 43.3 Å². The Kier molecular flexibility index (Phi) is 16.9. The predicted octanol–water partition coefficient (Wildman–Crippen LogP) is 8.52. The Hall–Kier alpha value is -7.45. The van der Waals surface area contributed by atoms with E-state index >= 15 is 0 Å². The van der Waals surface area contributed by atoms with Gasteiger partial charge in [-0.25, -0.2) is 4.79 Å². The number of aryl methyl sites for hydroxylation is 1. The number of benzene rings is 4. The van der Waals surface area contributed by atoms with Crippen molar-refractivity contribution in [2.75, 3.05) is 62.8 Å². The fraction of sp³-hybridized carbons (Fsp3) is 0.327. The van der Waals surface area contributed by atoms with E-state index in [0.29, 0.717) is 36.6 Å². The molecule has 1 aliphatic carbocycles. The Morgan fingerprint density at radius 3 is 2.41 bits per heavy atom. The number of ether oxygens (including phenoxy) is 4. The number of amides is 3. The summed E-state index contributed by atoms with van der Waals surface area (Å²) in [5, 5.41) is 19.5. The van der Waals surface area contributed by atoms with Gasteiger partial charge in [0.2, 0.25) is 11.8 Å². The molecule has 0 bridgehead atoms. The summed E-state index contributed by atoms with van der Waals surface area (Å²) in [6.45, 7) is 15.5. The second-order valence-corrected chi connectivity index (χ2v) is 17.0. The lowest BCUT2D eigenvalue weighted by molar-refractivity contribution is -0.125. The number of aromatic carboxylic acids is 1. The van der Waals surface area contributed by atoms with E-state index in [4.69, 9.17) is 18.9 Å². The van der Waals surface area contributed by atoms with Crippen molar-refractivity contribution in [3.63, 3.8) is 0 Å². The Labute approximate surface area is 403 Å². The van der Waals surface area contributed by atoms with Gasteiger partial charge in [-0.15, -0.1) is 0 Å². The van der Waals surface area contributed by atoms with Gasteiger partial charge in [-0.05, 0) is 91.8 Å². The molecule has 4 aromatic carbocycles. The number of rotatable bonds is 20. The predicted molar refractivity (Wildman–Crippen MR) is 268 cm³/mol. The Morgan fingerprint density at radius 2 is 1.62 bits per heavy atom. The molecule has 0 radical (unpaired) electrons. The molecule has 360 valence electrons. The fourth-order valence-corrected chi connectivity index (χ4v) is 8.89. The maximum Gasteiger partial charge on any atom is 0.336 e. The average Bonchev–Trinajstić information content (AvgIpc) is 3.34. The van der Waals surface area contributed by atoms with Gasteiger partial charge in [0.15, 0.2) is 0 Å². The van der Waals surface area contributed by atoms with E-state index < -0.39 is 17.8 Å². The summed E-state index contributed by atoms with van der Waals surface area (Å²) < 4.78 is 22.9.